The van der Waals surface area contributed by atoms with Gasteiger partial charge in [-0.2, -0.15) is 0 Å². The van der Waals surface area contributed by atoms with Gasteiger partial charge in [0.25, 0.3) is 0 Å². The molecule has 1 atom stereocenters. The average molecular weight is 245 g/mol. The molecule has 0 aliphatic rings. The quantitative estimate of drug-likeness (QED) is 0.559. The van der Waals surface area contributed by atoms with Crippen molar-refractivity contribution >= 4 is 0 Å². The summed E-state index contributed by atoms with van der Waals surface area (Å²) in [5, 5.41) is 3.46. The summed E-state index contributed by atoms with van der Waals surface area (Å²) in [5.41, 5.74) is 1.29. The van der Waals surface area contributed by atoms with E-state index < -0.39 is 0 Å². The predicted molar refractivity (Wildman–Crippen MR) is 76.7 cm³/mol. The first kappa shape index (κ1) is 14.6. The molecule has 0 aromatic heterocycles. The molecular weight excluding hydrogens is 222 g/mol. The van der Waals surface area contributed by atoms with Gasteiger partial charge in [0.15, 0.2) is 0 Å². The summed E-state index contributed by atoms with van der Waals surface area (Å²) >= 11 is 0. The Bertz CT molecular complexity index is 364. The Hall–Kier alpha value is -1.46. The normalized spacial score (nSPS) is 11.8. The maximum absolute atomic E-state index is 5.61. The molecule has 0 radical (unpaired) electrons. The topological polar surface area (TPSA) is 21.3 Å². The molecule has 0 aliphatic heterocycles. The number of hydrogen-bond acceptors (Lipinski definition) is 2. The van der Waals surface area contributed by atoms with Crippen molar-refractivity contribution in [3.8, 4) is 18.1 Å². The highest BCUT2D eigenvalue weighted by atomic mass is 16.5. The summed E-state index contributed by atoms with van der Waals surface area (Å²) < 4.78 is 5.61. The summed E-state index contributed by atoms with van der Waals surface area (Å²) in [6, 6.07) is 8.67. The second-order valence-corrected chi connectivity index (χ2v) is 4.40. The van der Waals surface area contributed by atoms with E-state index in [1.807, 2.05) is 12.1 Å². The molecule has 0 saturated heterocycles. The second kappa shape index (κ2) is 8.60. The van der Waals surface area contributed by atoms with Crippen molar-refractivity contribution in [2.24, 2.45) is 0 Å². The van der Waals surface area contributed by atoms with Crippen molar-refractivity contribution < 1.29 is 4.74 Å². The summed E-state index contributed by atoms with van der Waals surface area (Å²) in [4.78, 5) is 0. The SMILES string of the molecule is C#CCCCOc1ccc(C(C)NCCC)cc1. The Morgan fingerprint density at radius 3 is 2.67 bits per heavy atom. The molecule has 1 rings (SSSR count). The lowest BCUT2D eigenvalue weighted by Crippen LogP contribution is -2.19. The third-order valence-electron chi connectivity index (χ3n) is 2.81. The van der Waals surface area contributed by atoms with Crippen LogP contribution in [0.2, 0.25) is 0 Å². The Labute approximate surface area is 111 Å². The molecule has 98 valence electrons. The van der Waals surface area contributed by atoms with Crippen molar-refractivity contribution in [2.75, 3.05) is 13.2 Å². The second-order valence-electron chi connectivity index (χ2n) is 4.40. The molecule has 1 N–H and O–H groups in total. The van der Waals surface area contributed by atoms with E-state index in [4.69, 9.17) is 11.2 Å². The largest absolute Gasteiger partial charge is 0.494 e. The van der Waals surface area contributed by atoms with E-state index in [2.05, 4.69) is 37.2 Å². The highest BCUT2D eigenvalue weighted by Crippen LogP contribution is 2.17. The monoisotopic (exact) mass is 245 g/mol. The van der Waals surface area contributed by atoms with Crippen LogP contribution < -0.4 is 10.1 Å². The lowest BCUT2D eigenvalue weighted by Gasteiger charge is -2.14. The van der Waals surface area contributed by atoms with E-state index in [0.29, 0.717) is 12.6 Å². The fourth-order valence-corrected chi connectivity index (χ4v) is 1.70. The minimum Gasteiger partial charge on any atom is -0.494 e. The number of unbranched alkanes of at least 4 members (excludes halogenated alkanes) is 1. The number of benzene rings is 1. The number of hydrogen-bond donors (Lipinski definition) is 1. The first-order valence-corrected chi connectivity index (χ1v) is 6.67. The van der Waals surface area contributed by atoms with Gasteiger partial charge in [-0.15, -0.1) is 12.3 Å². The Kier molecular flexibility index (Phi) is 6.98. The molecule has 18 heavy (non-hydrogen) atoms. The summed E-state index contributed by atoms with van der Waals surface area (Å²) in [6.07, 6.45) is 8.03. The van der Waals surface area contributed by atoms with Gasteiger partial charge in [0, 0.05) is 12.5 Å². The smallest absolute Gasteiger partial charge is 0.119 e. The van der Waals surface area contributed by atoms with E-state index in [0.717, 1.165) is 31.6 Å². The Morgan fingerprint density at radius 1 is 1.33 bits per heavy atom. The molecule has 1 aromatic carbocycles. The van der Waals surface area contributed by atoms with Gasteiger partial charge >= 0.3 is 0 Å². The number of ether oxygens (including phenoxy) is 1. The minimum absolute atomic E-state index is 0.389. The zero-order valence-electron chi connectivity index (χ0n) is 11.4. The van der Waals surface area contributed by atoms with Crippen LogP contribution in [0.4, 0.5) is 0 Å². The Balaban J connectivity index is 2.39. The Morgan fingerprint density at radius 2 is 2.06 bits per heavy atom. The molecule has 0 bridgehead atoms. The van der Waals surface area contributed by atoms with Crippen molar-refractivity contribution in [1.82, 2.24) is 5.32 Å². The molecule has 0 aliphatic carbocycles. The van der Waals surface area contributed by atoms with Crippen LogP contribution in [-0.2, 0) is 0 Å². The first-order valence-electron chi connectivity index (χ1n) is 6.67. The third-order valence-corrected chi connectivity index (χ3v) is 2.81. The fourth-order valence-electron chi connectivity index (χ4n) is 1.70. The fraction of sp³-hybridized carbons (Fsp3) is 0.500. The van der Waals surface area contributed by atoms with E-state index >= 15 is 0 Å². The van der Waals surface area contributed by atoms with E-state index in [-0.39, 0.29) is 0 Å². The van der Waals surface area contributed by atoms with Gasteiger partial charge in [0.05, 0.1) is 6.61 Å². The van der Waals surface area contributed by atoms with Gasteiger partial charge < -0.3 is 10.1 Å². The van der Waals surface area contributed by atoms with Gasteiger partial charge in [-0.1, -0.05) is 19.1 Å². The van der Waals surface area contributed by atoms with Gasteiger partial charge in [0.1, 0.15) is 5.75 Å². The maximum atomic E-state index is 5.61. The van der Waals surface area contributed by atoms with Crippen LogP contribution in [0, 0.1) is 12.3 Å². The minimum atomic E-state index is 0.389. The van der Waals surface area contributed by atoms with Crippen LogP contribution in [0.25, 0.3) is 0 Å². The molecule has 1 aromatic rings. The number of nitrogens with one attached hydrogen (secondary N) is 1. The maximum Gasteiger partial charge on any atom is 0.119 e. The lowest BCUT2D eigenvalue weighted by molar-refractivity contribution is 0.313. The average Bonchev–Trinajstić information content (AvgIpc) is 2.41. The number of rotatable bonds is 8. The lowest BCUT2D eigenvalue weighted by atomic mass is 10.1. The molecule has 2 nitrogen and oxygen atoms in total. The molecular formula is C16H23NO. The van der Waals surface area contributed by atoms with E-state index in [1.165, 1.54) is 5.56 Å². The third kappa shape index (κ3) is 5.25. The van der Waals surface area contributed by atoms with Crippen LogP contribution in [0.15, 0.2) is 24.3 Å². The first-order chi connectivity index (χ1) is 8.77. The van der Waals surface area contributed by atoms with Gasteiger partial charge in [-0.05, 0) is 44.0 Å². The van der Waals surface area contributed by atoms with Crippen molar-refractivity contribution in [3.05, 3.63) is 29.8 Å². The van der Waals surface area contributed by atoms with Crippen LogP contribution in [0.1, 0.15) is 44.7 Å². The molecule has 0 saturated carbocycles. The molecule has 0 heterocycles. The number of terminal acetylenes is 1. The predicted octanol–water partition coefficient (Wildman–Crippen LogP) is 3.54. The highest BCUT2D eigenvalue weighted by Gasteiger charge is 2.03. The van der Waals surface area contributed by atoms with Gasteiger partial charge in [-0.25, -0.2) is 0 Å². The molecule has 1 unspecified atom stereocenters. The molecule has 0 spiro atoms. The highest BCUT2D eigenvalue weighted by molar-refractivity contribution is 5.28. The van der Waals surface area contributed by atoms with Crippen molar-refractivity contribution in [1.29, 1.82) is 0 Å². The molecule has 0 amide bonds. The van der Waals surface area contributed by atoms with Crippen LogP contribution in [0.5, 0.6) is 5.75 Å². The zero-order chi connectivity index (χ0) is 13.2. The molecule has 0 fully saturated rings. The van der Waals surface area contributed by atoms with Gasteiger partial charge in [0.2, 0.25) is 0 Å². The van der Waals surface area contributed by atoms with E-state index in [9.17, 15) is 0 Å². The summed E-state index contributed by atoms with van der Waals surface area (Å²) in [5.74, 6) is 3.52. The van der Waals surface area contributed by atoms with Crippen LogP contribution in [0.3, 0.4) is 0 Å². The summed E-state index contributed by atoms with van der Waals surface area (Å²) in [7, 11) is 0. The molecule has 2 heteroatoms. The standard InChI is InChI=1S/C16H23NO/c1-4-6-7-13-18-16-10-8-15(9-11-16)14(3)17-12-5-2/h1,8-11,14,17H,5-7,12-13H2,2-3H3. The van der Waals surface area contributed by atoms with Crippen LogP contribution in [-0.4, -0.2) is 13.2 Å². The zero-order valence-corrected chi connectivity index (χ0v) is 11.4. The van der Waals surface area contributed by atoms with Crippen molar-refractivity contribution in [3.63, 3.8) is 0 Å². The van der Waals surface area contributed by atoms with Crippen LogP contribution >= 0.6 is 0 Å². The van der Waals surface area contributed by atoms with Crippen molar-refractivity contribution in [2.45, 2.75) is 39.2 Å². The summed E-state index contributed by atoms with van der Waals surface area (Å²) in [6.45, 7) is 6.09. The van der Waals surface area contributed by atoms with Gasteiger partial charge in [-0.3, -0.25) is 0 Å². The van der Waals surface area contributed by atoms with E-state index in [1.54, 1.807) is 0 Å².